The predicted molar refractivity (Wildman–Crippen MR) is 97.1 cm³/mol. The molecular weight excluding hydrogens is 396 g/mol. The van der Waals surface area contributed by atoms with E-state index in [1.165, 1.54) is 18.2 Å². The van der Waals surface area contributed by atoms with Crippen LogP contribution in [-0.4, -0.2) is 67.9 Å². The first-order chi connectivity index (χ1) is 14.0. The third-order valence-electron chi connectivity index (χ3n) is 5.86. The van der Waals surface area contributed by atoms with E-state index in [1.807, 2.05) is 5.11 Å². The van der Waals surface area contributed by atoms with Crippen molar-refractivity contribution >= 4 is 17.5 Å². The lowest BCUT2D eigenvalue weighted by Gasteiger charge is -2.43. The van der Waals surface area contributed by atoms with Crippen molar-refractivity contribution in [3.05, 3.63) is 57.1 Å². The zero-order valence-corrected chi connectivity index (χ0v) is 15.9. The van der Waals surface area contributed by atoms with Crippen molar-refractivity contribution < 1.29 is 44.7 Å². The summed E-state index contributed by atoms with van der Waals surface area (Å²) in [5.41, 5.74) is 6.33. The number of ketones is 2. The fourth-order valence-corrected chi connectivity index (χ4v) is 4.51. The van der Waals surface area contributed by atoms with Crippen molar-refractivity contribution in [3.8, 4) is 5.75 Å². The number of benzene rings is 1. The van der Waals surface area contributed by atoms with Gasteiger partial charge >= 0.3 is 5.97 Å². The molecule has 10 heteroatoms. The minimum absolute atomic E-state index is 0.118. The number of aliphatic hydroxyl groups excluding tert-OH is 2. The maximum absolute atomic E-state index is 13.2. The smallest absolute Gasteiger partial charge is 0.303 e. The number of phenols is 1. The van der Waals surface area contributed by atoms with Gasteiger partial charge in [0, 0.05) is 23.6 Å². The lowest BCUT2D eigenvalue weighted by Crippen LogP contribution is -2.76. The summed E-state index contributed by atoms with van der Waals surface area (Å²) in [5, 5.41) is 44.1. The lowest BCUT2D eigenvalue weighted by molar-refractivity contribution is -0.504. The normalized spacial score (nSPS) is 32.6. The molecule has 3 aliphatic carbocycles. The zero-order chi connectivity index (χ0) is 22.1. The Kier molecular flexibility index (Phi) is 4.28. The molecule has 5 atom stereocenters. The van der Waals surface area contributed by atoms with Crippen LogP contribution in [0.4, 0.5) is 0 Å². The maximum Gasteiger partial charge on any atom is 0.303 e. The van der Waals surface area contributed by atoms with E-state index in [-0.39, 0.29) is 33.4 Å². The van der Waals surface area contributed by atoms with E-state index in [9.17, 15) is 40.3 Å². The number of ether oxygens (including phenoxy) is 1. The summed E-state index contributed by atoms with van der Waals surface area (Å²) in [5.74, 6) is -2.80. The molecule has 156 valence electrons. The van der Waals surface area contributed by atoms with Crippen molar-refractivity contribution in [1.29, 1.82) is 0 Å². The molecule has 0 radical (unpaired) electrons. The number of aliphatic hydroxyl groups is 3. The van der Waals surface area contributed by atoms with Crippen LogP contribution in [0.15, 0.2) is 40.5 Å². The standard InChI is InChI=1S/C20H18N2O8/c1-6(23)30-19-13-11(17(27)18(28)20(19,2)29)10-12(14(13)22-21)16(26)9-7(15(10)25)4-3-5-8(9)24/h3-5,14,17-19,22,24,27-29H,1-2H3/t14?,17-,18+,19+,20-/m0/s1. The summed E-state index contributed by atoms with van der Waals surface area (Å²) < 4.78 is 5.18. The molecular formula is C20H18N2O8. The number of carbonyl (C=O) groups excluding carboxylic acids is 3. The van der Waals surface area contributed by atoms with Gasteiger partial charge in [-0.1, -0.05) is 12.1 Å². The van der Waals surface area contributed by atoms with Crippen LogP contribution in [-0.2, 0) is 9.53 Å². The van der Waals surface area contributed by atoms with Gasteiger partial charge in [0.05, 0.1) is 16.7 Å². The Hall–Kier alpha value is -3.21. The summed E-state index contributed by atoms with van der Waals surface area (Å²) in [6.45, 7) is 2.18. The predicted octanol–water partition coefficient (Wildman–Crippen LogP) is -1.73. The van der Waals surface area contributed by atoms with Crippen LogP contribution in [0.3, 0.4) is 0 Å². The molecule has 0 aliphatic heterocycles. The molecule has 0 saturated carbocycles. The minimum atomic E-state index is -2.20. The first-order valence-corrected chi connectivity index (χ1v) is 9.09. The van der Waals surface area contributed by atoms with Gasteiger partial charge in [-0.25, -0.2) is 0 Å². The number of carbonyl (C=O) groups is 3. The number of rotatable bonds is 2. The minimum Gasteiger partial charge on any atom is -0.508 e. The number of nitrogens with one attached hydrogen (secondary N) is 1. The van der Waals surface area contributed by atoms with Crippen LogP contribution < -0.4 is 5.11 Å². The first kappa shape index (κ1) is 20.1. The van der Waals surface area contributed by atoms with Crippen molar-refractivity contribution in [1.82, 2.24) is 0 Å². The van der Waals surface area contributed by atoms with Gasteiger partial charge in [0.2, 0.25) is 5.78 Å². The number of phenolic OH excluding ortho intramolecular Hbond substituents is 1. The Balaban J connectivity index is 2.01. The second kappa shape index (κ2) is 6.39. The summed E-state index contributed by atoms with van der Waals surface area (Å²) in [7, 11) is 0. The van der Waals surface area contributed by atoms with E-state index < -0.39 is 53.2 Å². The van der Waals surface area contributed by atoms with E-state index in [0.717, 1.165) is 13.8 Å². The maximum atomic E-state index is 13.2. The molecule has 0 saturated heterocycles. The Morgan fingerprint density at radius 3 is 2.47 bits per heavy atom. The van der Waals surface area contributed by atoms with Crippen LogP contribution in [0.2, 0.25) is 0 Å². The van der Waals surface area contributed by atoms with Crippen molar-refractivity contribution in [2.75, 3.05) is 0 Å². The number of fused-ring (bicyclic) bond motifs is 2. The van der Waals surface area contributed by atoms with Crippen LogP contribution in [0.1, 0.15) is 34.6 Å². The van der Waals surface area contributed by atoms with E-state index in [1.54, 1.807) is 0 Å². The van der Waals surface area contributed by atoms with Crippen LogP contribution in [0.25, 0.3) is 5.53 Å². The van der Waals surface area contributed by atoms with Crippen LogP contribution in [0.5, 0.6) is 5.75 Å². The fourth-order valence-electron chi connectivity index (χ4n) is 4.51. The highest BCUT2D eigenvalue weighted by Crippen LogP contribution is 2.49. The number of Topliss-reactive ketones (excluding diaryl/α,β-unsaturated/α-hetero) is 2. The number of esters is 1. The molecule has 5 N–H and O–H groups in total. The highest BCUT2D eigenvalue weighted by molar-refractivity contribution is 6.31. The van der Waals surface area contributed by atoms with Crippen LogP contribution in [0, 0.1) is 0 Å². The monoisotopic (exact) mass is 414 g/mol. The molecule has 0 fully saturated rings. The van der Waals surface area contributed by atoms with Gasteiger partial charge in [0.25, 0.3) is 0 Å². The Morgan fingerprint density at radius 2 is 1.87 bits per heavy atom. The van der Waals surface area contributed by atoms with Gasteiger partial charge in [0.15, 0.2) is 17.9 Å². The Morgan fingerprint density at radius 1 is 1.20 bits per heavy atom. The highest BCUT2D eigenvalue weighted by Gasteiger charge is 2.61. The van der Waals surface area contributed by atoms with Gasteiger partial charge in [-0.2, -0.15) is 0 Å². The largest absolute Gasteiger partial charge is 0.508 e. The number of hydrogen-bond acceptors (Lipinski definition) is 8. The Labute approximate surface area is 169 Å². The SMILES string of the molecule is CC(=O)O[C@@H]1C2=C(C3=C(C(=O)c4c(O)cccc4C3=O)C2[NH+]=[N-])[C@H](O)[C@@H](O)[C@]1(C)O. The average Bonchev–Trinajstić information content (AvgIpc) is 3.03. The molecule has 0 aromatic heterocycles. The van der Waals surface area contributed by atoms with Gasteiger partial charge in [-0.3, -0.25) is 14.4 Å². The summed E-state index contributed by atoms with van der Waals surface area (Å²) >= 11 is 0. The summed E-state index contributed by atoms with van der Waals surface area (Å²) in [6, 6.07) is 2.49. The molecule has 1 aromatic carbocycles. The molecule has 3 aliphatic rings. The average molecular weight is 414 g/mol. The topological polar surface area (TPSA) is 178 Å². The molecule has 30 heavy (non-hydrogen) atoms. The molecule has 1 aromatic rings. The van der Waals surface area contributed by atoms with Crippen molar-refractivity contribution in [2.45, 2.75) is 43.8 Å². The summed E-state index contributed by atoms with van der Waals surface area (Å²) in [4.78, 5) is 38.1. The zero-order valence-electron chi connectivity index (χ0n) is 15.9. The van der Waals surface area contributed by atoms with E-state index in [4.69, 9.17) is 4.74 Å². The van der Waals surface area contributed by atoms with Crippen molar-refractivity contribution in [3.63, 3.8) is 0 Å². The lowest BCUT2D eigenvalue weighted by atomic mass is 9.73. The second-order valence-electron chi connectivity index (χ2n) is 7.68. The second-order valence-corrected chi connectivity index (χ2v) is 7.68. The molecule has 0 bridgehead atoms. The first-order valence-electron chi connectivity index (χ1n) is 9.09. The van der Waals surface area contributed by atoms with E-state index >= 15 is 0 Å². The third kappa shape index (κ3) is 2.38. The van der Waals surface area contributed by atoms with Gasteiger partial charge in [0.1, 0.15) is 23.6 Å². The fraction of sp³-hybridized carbons (Fsp3) is 0.350. The number of nitrogens with zero attached hydrogens (tertiary/aromatic N) is 1. The number of aromatic hydroxyl groups is 1. The Bertz CT molecular complexity index is 1100. The van der Waals surface area contributed by atoms with Gasteiger partial charge in [-0.05, 0) is 13.0 Å². The number of hydrogen-bond donors (Lipinski definition) is 5. The molecule has 10 nitrogen and oxygen atoms in total. The molecule has 0 spiro atoms. The van der Waals surface area contributed by atoms with Crippen LogP contribution >= 0.6 is 0 Å². The summed E-state index contributed by atoms with van der Waals surface area (Å²) in [6.07, 6.45) is -5.28. The van der Waals surface area contributed by atoms with E-state index in [0.29, 0.717) is 0 Å². The quantitative estimate of drug-likeness (QED) is 0.280. The van der Waals surface area contributed by atoms with E-state index in [2.05, 4.69) is 0 Å². The highest BCUT2D eigenvalue weighted by atomic mass is 16.6. The molecule has 0 amide bonds. The molecule has 0 heterocycles. The third-order valence-corrected chi connectivity index (χ3v) is 5.86. The van der Waals surface area contributed by atoms with Gasteiger partial charge in [-0.15, -0.1) is 0 Å². The molecule has 4 rings (SSSR count). The van der Waals surface area contributed by atoms with Crippen molar-refractivity contribution in [2.24, 2.45) is 0 Å². The molecule has 1 unspecified atom stereocenters. The van der Waals surface area contributed by atoms with Gasteiger partial charge < -0.3 is 35.8 Å².